The average Bonchev–Trinajstić information content (AvgIpc) is 3.00. The van der Waals surface area contributed by atoms with Gasteiger partial charge in [0.15, 0.2) is 17.4 Å². The number of benzene rings is 1. The molecule has 0 saturated heterocycles. The van der Waals surface area contributed by atoms with E-state index in [1.807, 2.05) is 0 Å². The third-order valence-electron chi connectivity index (χ3n) is 3.38. The number of carbonyl (C=O) groups is 2. The molecule has 0 aliphatic rings. The van der Waals surface area contributed by atoms with Crippen LogP contribution in [0.25, 0.3) is 11.0 Å². The van der Waals surface area contributed by atoms with Crippen LogP contribution in [0.1, 0.15) is 33.7 Å². The van der Waals surface area contributed by atoms with E-state index in [2.05, 4.69) is 4.98 Å². The maximum Gasteiger partial charge on any atom is 0.184 e. The molecule has 0 N–H and O–H groups in total. The van der Waals surface area contributed by atoms with Gasteiger partial charge in [0, 0.05) is 30.0 Å². The van der Waals surface area contributed by atoms with Crippen LogP contribution in [0.15, 0.2) is 53.3 Å². The zero-order valence-electron chi connectivity index (χ0n) is 11.6. The van der Waals surface area contributed by atoms with Gasteiger partial charge in [-0.3, -0.25) is 14.6 Å². The molecule has 22 heavy (non-hydrogen) atoms. The Labute approximate surface area is 125 Å². The van der Waals surface area contributed by atoms with Crippen molar-refractivity contribution in [3.63, 3.8) is 0 Å². The van der Waals surface area contributed by atoms with Crippen molar-refractivity contribution in [3.8, 4) is 0 Å². The molecular formula is C17H12FNO3. The number of halogens is 1. The van der Waals surface area contributed by atoms with Crippen molar-refractivity contribution in [2.24, 2.45) is 0 Å². The summed E-state index contributed by atoms with van der Waals surface area (Å²) in [5.74, 6) is -1.32. The second kappa shape index (κ2) is 5.89. The average molecular weight is 297 g/mol. The third kappa shape index (κ3) is 2.79. The Kier molecular flexibility index (Phi) is 3.78. The standard InChI is InChI=1S/C17H12FNO3/c18-13-2-1-8-19-17(13)15(21)5-4-14(20)11-3-6-16-12(10-11)7-9-22-16/h1-3,6-10H,4-5H2. The van der Waals surface area contributed by atoms with E-state index >= 15 is 0 Å². The quantitative estimate of drug-likeness (QED) is 0.672. The summed E-state index contributed by atoms with van der Waals surface area (Å²) in [5, 5.41) is 0.827. The van der Waals surface area contributed by atoms with Crippen molar-refractivity contribution in [1.29, 1.82) is 0 Å². The lowest BCUT2D eigenvalue weighted by molar-refractivity contribution is 0.0912. The molecule has 0 bridgehead atoms. The molecule has 0 fully saturated rings. The van der Waals surface area contributed by atoms with E-state index in [0.717, 1.165) is 5.39 Å². The highest BCUT2D eigenvalue weighted by Crippen LogP contribution is 2.18. The van der Waals surface area contributed by atoms with Crippen molar-refractivity contribution < 1.29 is 18.4 Å². The predicted octanol–water partition coefficient (Wildman–Crippen LogP) is 3.81. The smallest absolute Gasteiger partial charge is 0.184 e. The highest BCUT2D eigenvalue weighted by Gasteiger charge is 2.15. The number of furan rings is 1. The fraction of sp³-hybridized carbons (Fsp3) is 0.118. The van der Waals surface area contributed by atoms with Gasteiger partial charge in [-0.2, -0.15) is 0 Å². The molecule has 0 aliphatic carbocycles. The lowest BCUT2D eigenvalue weighted by Crippen LogP contribution is -2.08. The van der Waals surface area contributed by atoms with Crippen LogP contribution in [0.2, 0.25) is 0 Å². The summed E-state index contributed by atoms with van der Waals surface area (Å²) in [6.07, 6.45) is 2.84. The molecule has 0 amide bonds. The van der Waals surface area contributed by atoms with Crippen molar-refractivity contribution in [1.82, 2.24) is 4.98 Å². The Balaban J connectivity index is 1.69. The van der Waals surface area contributed by atoms with Gasteiger partial charge in [0.25, 0.3) is 0 Å². The number of hydrogen-bond donors (Lipinski definition) is 0. The van der Waals surface area contributed by atoms with E-state index in [-0.39, 0.29) is 24.3 Å². The van der Waals surface area contributed by atoms with Gasteiger partial charge in [-0.25, -0.2) is 4.39 Å². The highest BCUT2D eigenvalue weighted by atomic mass is 19.1. The normalized spacial score (nSPS) is 10.8. The van der Waals surface area contributed by atoms with E-state index in [4.69, 9.17) is 4.42 Å². The third-order valence-corrected chi connectivity index (χ3v) is 3.38. The second-order valence-electron chi connectivity index (χ2n) is 4.85. The summed E-state index contributed by atoms with van der Waals surface area (Å²) < 4.78 is 18.7. The van der Waals surface area contributed by atoms with Gasteiger partial charge < -0.3 is 4.42 Å². The molecule has 1 aromatic carbocycles. The number of hydrogen-bond acceptors (Lipinski definition) is 4. The molecule has 110 valence electrons. The number of Topliss-reactive ketones (excluding diaryl/α,β-unsaturated/α-hetero) is 2. The molecule has 0 atom stereocenters. The monoisotopic (exact) mass is 297 g/mol. The van der Waals surface area contributed by atoms with E-state index in [1.165, 1.54) is 18.3 Å². The summed E-state index contributed by atoms with van der Waals surface area (Å²) in [6, 6.07) is 9.43. The van der Waals surface area contributed by atoms with Gasteiger partial charge in [0.1, 0.15) is 11.3 Å². The number of fused-ring (bicyclic) bond motifs is 1. The number of carbonyl (C=O) groups excluding carboxylic acids is 2. The maximum absolute atomic E-state index is 13.4. The van der Waals surface area contributed by atoms with E-state index in [9.17, 15) is 14.0 Å². The Morgan fingerprint density at radius 3 is 2.73 bits per heavy atom. The van der Waals surface area contributed by atoms with Crippen LogP contribution in [0.4, 0.5) is 4.39 Å². The van der Waals surface area contributed by atoms with Crippen molar-refractivity contribution in [2.75, 3.05) is 0 Å². The first-order valence-corrected chi connectivity index (χ1v) is 6.79. The minimum atomic E-state index is -0.667. The summed E-state index contributed by atoms with van der Waals surface area (Å²) in [4.78, 5) is 27.8. The van der Waals surface area contributed by atoms with Crippen molar-refractivity contribution in [3.05, 3.63) is 65.9 Å². The highest BCUT2D eigenvalue weighted by molar-refractivity contribution is 6.03. The van der Waals surface area contributed by atoms with Gasteiger partial charge in [-0.15, -0.1) is 0 Å². The van der Waals surface area contributed by atoms with Crippen LogP contribution >= 0.6 is 0 Å². The fourth-order valence-corrected chi connectivity index (χ4v) is 2.22. The molecule has 2 heterocycles. The zero-order chi connectivity index (χ0) is 15.5. The molecule has 0 saturated carbocycles. The molecule has 3 aromatic rings. The lowest BCUT2D eigenvalue weighted by Gasteiger charge is -2.02. The molecule has 2 aromatic heterocycles. The number of nitrogens with zero attached hydrogens (tertiary/aromatic N) is 1. The maximum atomic E-state index is 13.4. The SMILES string of the molecule is O=C(CCC(=O)c1ncccc1F)c1ccc2occc2c1. The summed E-state index contributed by atoms with van der Waals surface area (Å²) in [6.45, 7) is 0. The molecule has 0 spiro atoms. The van der Waals surface area contributed by atoms with Gasteiger partial charge in [0.2, 0.25) is 0 Å². The molecule has 4 nitrogen and oxygen atoms in total. The first-order chi connectivity index (χ1) is 10.6. The van der Waals surface area contributed by atoms with Gasteiger partial charge in [-0.1, -0.05) is 0 Å². The molecular weight excluding hydrogens is 285 g/mol. The van der Waals surface area contributed by atoms with Crippen LogP contribution in [-0.4, -0.2) is 16.6 Å². The Bertz CT molecular complexity index is 854. The Hall–Kier alpha value is -2.82. The largest absolute Gasteiger partial charge is 0.464 e. The van der Waals surface area contributed by atoms with E-state index < -0.39 is 11.6 Å². The minimum Gasteiger partial charge on any atom is -0.464 e. The number of pyridine rings is 1. The second-order valence-corrected chi connectivity index (χ2v) is 4.85. The lowest BCUT2D eigenvalue weighted by atomic mass is 10.0. The van der Waals surface area contributed by atoms with Crippen LogP contribution in [0.5, 0.6) is 0 Å². The summed E-state index contributed by atoms with van der Waals surface area (Å²) in [7, 11) is 0. The summed E-state index contributed by atoms with van der Waals surface area (Å²) >= 11 is 0. The predicted molar refractivity (Wildman–Crippen MR) is 78.3 cm³/mol. The molecule has 3 rings (SSSR count). The fourth-order valence-electron chi connectivity index (χ4n) is 2.22. The van der Waals surface area contributed by atoms with E-state index in [1.54, 1.807) is 30.5 Å². The van der Waals surface area contributed by atoms with Crippen LogP contribution in [0.3, 0.4) is 0 Å². The van der Waals surface area contributed by atoms with E-state index in [0.29, 0.717) is 11.1 Å². The number of rotatable bonds is 5. The Morgan fingerprint density at radius 2 is 1.91 bits per heavy atom. The molecule has 0 unspecified atom stereocenters. The van der Waals surface area contributed by atoms with Crippen LogP contribution in [0, 0.1) is 5.82 Å². The number of aromatic nitrogens is 1. The minimum absolute atomic E-state index is 0.0121. The topological polar surface area (TPSA) is 60.2 Å². The number of ketones is 2. The van der Waals surface area contributed by atoms with Crippen LogP contribution in [-0.2, 0) is 0 Å². The van der Waals surface area contributed by atoms with Crippen LogP contribution < -0.4 is 0 Å². The van der Waals surface area contributed by atoms with Crippen molar-refractivity contribution in [2.45, 2.75) is 12.8 Å². The first-order valence-electron chi connectivity index (χ1n) is 6.79. The molecule has 0 aliphatic heterocycles. The summed E-state index contributed by atoms with van der Waals surface area (Å²) in [5.41, 5.74) is 0.979. The molecule has 5 heteroatoms. The molecule has 0 radical (unpaired) electrons. The van der Waals surface area contributed by atoms with Gasteiger partial charge in [0.05, 0.1) is 6.26 Å². The van der Waals surface area contributed by atoms with Gasteiger partial charge in [-0.05, 0) is 36.4 Å². The van der Waals surface area contributed by atoms with Gasteiger partial charge >= 0.3 is 0 Å². The zero-order valence-corrected chi connectivity index (χ0v) is 11.6. The first kappa shape index (κ1) is 14.1. The Morgan fingerprint density at radius 1 is 1.09 bits per heavy atom. The van der Waals surface area contributed by atoms with Crippen molar-refractivity contribution >= 4 is 22.5 Å².